The molecule has 0 unspecified atom stereocenters. The summed E-state index contributed by atoms with van der Waals surface area (Å²) in [6.45, 7) is 6.76. The molecule has 0 saturated carbocycles. The summed E-state index contributed by atoms with van der Waals surface area (Å²) in [5, 5.41) is 10.5. The molecule has 0 amide bonds. The van der Waals surface area contributed by atoms with Crippen LogP contribution in [0, 0.1) is 23.2 Å². The van der Waals surface area contributed by atoms with Crippen molar-refractivity contribution in [2.45, 2.75) is 51.7 Å². The van der Waals surface area contributed by atoms with Crippen LogP contribution in [-0.2, 0) is 19.4 Å². The van der Waals surface area contributed by atoms with Crippen LogP contribution < -0.4 is 5.56 Å². The minimum absolute atomic E-state index is 0.0460. The van der Waals surface area contributed by atoms with E-state index in [1.807, 2.05) is 13.8 Å². The number of nitriles is 1. The van der Waals surface area contributed by atoms with Crippen molar-refractivity contribution in [3.05, 3.63) is 20.8 Å². The normalized spacial score (nSPS) is 18.6. The Bertz CT molecular complexity index is 831. The zero-order valence-electron chi connectivity index (χ0n) is 13.8. The van der Waals surface area contributed by atoms with Crippen LogP contribution in [0.3, 0.4) is 0 Å². The fourth-order valence-corrected chi connectivity index (χ4v) is 5.46. The molecule has 2 aromatic heterocycles. The van der Waals surface area contributed by atoms with E-state index in [2.05, 4.69) is 13.0 Å². The lowest BCUT2D eigenvalue weighted by Crippen LogP contribution is -2.23. The molecular formula is C17H21N3OS2. The minimum Gasteiger partial charge on any atom is -0.287 e. The van der Waals surface area contributed by atoms with Crippen molar-refractivity contribution in [1.29, 1.82) is 5.26 Å². The molecule has 1 aliphatic rings. The van der Waals surface area contributed by atoms with E-state index in [-0.39, 0.29) is 11.5 Å². The van der Waals surface area contributed by atoms with Crippen LogP contribution in [-0.4, -0.2) is 15.3 Å². The maximum absolute atomic E-state index is 13.0. The van der Waals surface area contributed by atoms with Crippen molar-refractivity contribution in [3.8, 4) is 6.07 Å². The van der Waals surface area contributed by atoms with Crippen LogP contribution in [0.15, 0.2) is 9.95 Å². The molecule has 2 aromatic rings. The first-order valence-corrected chi connectivity index (χ1v) is 9.92. The number of aromatic nitrogens is 2. The Hall–Kier alpha value is -1.32. The van der Waals surface area contributed by atoms with Gasteiger partial charge in [0.15, 0.2) is 5.16 Å². The van der Waals surface area contributed by atoms with Crippen molar-refractivity contribution in [2.24, 2.45) is 11.8 Å². The largest absolute Gasteiger partial charge is 0.287 e. The van der Waals surface area contributed by atoms with Crippen molar-refractivity contribution < 1.29 is 0 Å². The molecule has 0 bridgehead atoms. The summed E-state index contributed by atoms with van der Waals surface area (Å²) in [6, 6.07) is 2.24. The maximum atomic E-state index is 13.0. The molecule has 2 atom stereocenters. The summed E-state index contributed by atoms with van der Waals surface area (Å²) in [5.41, 5.74) is 1.33. The van der Waals surface area contributed by atoms with Crippen LogP contribution in [0.5, 0.6) is 0 Å². The molecule has 4 nitrogen and oxygen atoms in total. The molecule has 1 aliphatic carbocycles. The topological polar surface area (TPSA) is 58.7 Å². The van der Waals surface area contributed by atoms with Gasteiger partial charge in [-0.15, -0.1) is 11.3 Å². The monoisotopic (exact) mass is 347 g/mol. The molecular weight excluding hydrogens is 326 g/mol. The first-order chi connectivity index (χ1) is 11.0. The Balaban J connectivity index is 2.09. The molecule has 0 aliphatic heterocycles. The van der Waals surface area contributed by atoms with Crippen LogP contribution in [0.1, 0.15) is 37.6 Å². The van der Waals surface area contributed by atoms with E-state index in [0.29, 0.717) is 18.2 Å². The summed E-state index contributed by atoms with van der Waals surface area (Å²) < 4.78 is 1.77. The number of hydrogen-bond donors (Lipinski definition) is 0. The van der Waals surface area contributed by atoms with Gasteiger partial charge in [0, 0.05) is 17.2 Å². The molecule has 0 radical (unpaired) electrons. The molecule has 0 aromatic carbocycles. The Kier molecular flexibility index (Phi) is 4.79. The van der Waals surface area contributed by atoms with Gasteiger partial charge in [0.1, 0.15) is 4.83 Å². The van der Waals surface area contributed by atoms with Crippen LogP contribution >= 0.6 is 23.1 Å². The molecule has 3 rings (SSSR count). The van der Waals surface area contributed by atoms with Crippen molar-refractivity contribution in [3.63, 3.8) is 0 Å². The third-order valence-electron chi connectivity index (χ3n) is 4.38. The van der Waals surface area contributed by atoms with E-state index in [4.69, 9.17) is 10.2 Å². The van der Waals surface area contributed by atoms with E-state index >= 15 is 0 Å². The number of nitrogens with zero attached hydrogens (tertiary/aromatic N) is 3. The number of thiophene rings is 1. The average molecular weight is 348 g/mol. The lowest BCUT2D eigenvalue weighted by atomic mass is 9.89. The number of hydrogen-bond acceptors (Lipinski definition) is 5. The Morgan fingerprint density at radius 3 is 3.04 bits per heavy atom. The highest BCUT2D eigenvalue weighted by atomic mass is 32.2. The Labute approximate surface area is 144 Å². The highest BCUT2D eigenvalue weighted by molar-refractivity contribution is 7.99. The summed E-state index contributed by atoms with van der Waals surface area (Å²) in [5.74, 6) is 1.31. The molecule has 6 heteroatoms. The van der Waals surface area contributed by atoms with E-state index in [0.717, 1.165) is 34.6 Å². The Morgan fingerprint density at radius 1 is 1.57 bits per heavy atom. The molecule has 0 N–H and O–H groups in total. The smallest absolute Gasteiger partial charge is 0.263 e. The van der Waals surface area contributed by atoms with E-state index in [1.54, 1.807) is 15.9 Å². The second kappa shape index (κ2) is 6.66. The SMILES string of the molecule is CCn1c(SC[C@@H](C)C#N)nc2sc3c(c2c1=O)CC[C@@H](C)C3. The lowest BCUT2D eigenvalue weighted by molar-refractivity contribution is 0.509. The van der Waals surface area contributed by atoms with Gasteiger partial charge in [-0.1, -0.05) is 18.7 Å². The highest BCUT2D eigenvalue weighted by Gasteiger charge is 2.24. The first-order valence-electron chi connectivity index (χ1n) is 8.12. The van der Waals surface area contributed by atoms with Gasteiger partial charge >= 0.3 is 0 Å². The fourth-order valence-electron chi connectivity index (χ4n) is 3.03. The molecule has 122 valence electrons. The number of thioether (sulfide) groups is 1. The van der Waals surface area contributed by atoms with E-state index < -0.39 is 0 Å². The average Bonchev–Trinajstić information content (AvgIpc) is 2.89. The predicted octanol–water partition coefficient (Wildman–Crippen LogP) is 3.85. The van der Waals surface area contributed by atoms with Gasteiger partial charge in [-0.25, -0.2) is 4.98 Å². The highest BCUT2D eigenvalue weighted by Crippen LogP contribution is 2.36. The first kappa shape index (κ1) is 16.5. The molecule has 0 saturated heterocycles. The van der Waals surface area contributed by atoms with Gasteiger partial charge in [-0.2, -0.15) is 5.26 Å². The zero-order chi connectivity index (χ0) is 16.6. The van der Waals surface area contributed by atoms with E-state index in [1.165, 1.54) is 22.2 Å². The van der Waals surface area contributed by atoms with E-state index in [9.17, 15) is 4.79 Å². The van der Waals surface area contributed by atoms with Gasteiger partial charge in [-0.3, -0.25) is 9.36 Å². The minimum atomic E-state index is -0.0460. The predicted molar refractivity (Wildman–Crippen MR) is 96.2 cm³/mol. The second-order valence-electron chi connectivity index (χ2n) is 6.32. The molecule has 2 heterocycles. The number of rotatable bonds is 4. The second-order valence-corrected chi connectivity index (χ2v) is 8.39. The van der Waals surface area contributed by atoms with Gasteiger partial charge in [0.2, 0.25) is 0 Å². The third kappa shape index (κ3) is 3.05. The van der Waals surface area contributed by atoms with Crippen molar-refractivity contribution >= 4 is 33.3 Å². The van der Waals surface area contributed by atoms with Gasteiger partial charge < -0.3 is 0 Å². The van der Waals surface area contributed by atoms with Crippen molar-refractivity contribution in [2.75, 3.05) is 5.75 Å². The van der Waals surface area contributed by atoms with Gasteiger partial charge in [0.05, 0.1) is 17.4 Å². The fraction of sp³-hybridized carbons (Fsp3) is 0.588. The zero-order valence-corrected chi connectivity index (χ0v) is 15.4. The summed E-state index contributed by atoms with van der Waals surface area (Å²) >= 11 is 3.20. The summed E-state index contributed by atoms with van der Waals surface area (Å²) in [4.78, 5) is 20.0. The Morgan fingerprint density at radius 2 is 2.35 bits per heavy atom. The van der Waals surface area contributed by atoms with Gasteiger partial charge in [0.25, 0.3) is 5.56 Å². The van der Waals surface area contributed by atoms with Crippen LogP contribution in [0.25, 0.3) is 10.2 Å². The van der Waals surface area contributed by atoms with Crippen LogP contribution in [0.4, 0.5) is 0 Å². The standard InChI is InChI=1S/C17H21N3OS2/c1-4-20-16(21)14-12-6-5-10(2)7-13(12)23-15(14)19-17(20)22-9-11(3)8-18/h10-11H,4-7,9H2,1-3H3/t10-,11+/m1/s1. The van der Waals surface area contributed by atoms with Crippen LogP contribution in [0.2, 0.25) is 0 Å². The quantitative estimate of drug-likeness (QED) is 0.622. The number of aryl methyl sites for hydroxylation is 1. The lowest BCUT2D eigenvalue weighted by Gasteiger charge is -2.17. The molecule has 23 heavy (non-hydrogen) atoms. The summed E-state index contributed by atoms with van der Waals surface area (Å²) in [7, 11) is 0. The number of fused-ring (bicyclic) bond motifs is 3. The summed E-state index contributed by atoms with van der Waals surface area (Å²) in [6.07, 6.45) is 3.21. The third-order valence-corrected chi connectivity index (χ3v) is 6.76. The molecule has 0 spiro atoms. The maximum Gasteiger partial charge on any atom is 0.263 e. The van der Waals surface area contributed by atoms with Crippen molar-refractivity contribution in [1.82, 2.24) is 9.55 Å². The molecule has 0 fully saturated rings. The van der Waals surface area contributed by atoms with Gasteiger partial charge in [-0.05, 0) is 44.6 Å².